The summed E-state index contributed by atoms with van der Waals surface area (Å²) in [4.78, 5) is 54.4. The molecule has 1 aliphatic heterocycles. The van der Waals surface area contributed by atoms with E-state index in [1.807, 2.05) is 51.1 Å². The van der Waals surface area contributed by atoms with Gasteiger partial charge in [-0.1, -0.05) is 53.6 Å². The number of cyclic esters (lactones) is 1. The Kier molecular flexibility index (Phi) is 9.03. The molecule has 1 amide bonds. The Morgan fingerprint density at radius 3 is 2.27 bits per heavy atom. The van der Waals surface area contributed by atoms with Gasteiger partial charge in [0.15, 0.2) is 0 Å². The number of amides is 1. The van der Waals surface area contributed by atoms with Crippen molar-refractivity contribution >= 4 is 29.3 Å². The fourth-order valence-electron chi connectivity index (χ4n) is 5.72. The first-order chi connectivity index (χ1) is 19.1. The van der Waals surface area contributed by atoms with Crippen molar-refractivity contribution < 1.29 is 28.7 Å². The molecular weight excluding hydrogens is 506 g/mol. The number of anilines is 1. The Bertz CT molecular complexity index is 1310. The lowest BCUT2D eigenvalue weighted by atomic mass is 9.65. The highest BCUT2D eigenvalue weighted by molar-refractivity contribution is 6.07. The first-order valence-corrected chi connectivity index (χ1v) is 13.7. The minimum absolute atomic E-state index is 0.0790. The van der Waals surface area contributed by atoms with E-state index in [-0.39, 0.29) is 31.0 Å². The van der Waals surface area contributed by atoms with E-state index in [0.717, 1.165) is 18.4 Å². The minimum atomic E-state index is -1.16. The monoisotopic (exact) mass is 543 g/mol. The number of ketones is 1. The van der Waals surface area contributed by atoms with Crippen molar-refractivity contribution in [1.29, 1.82) is 0 Å². The second-order valence-electron chi connectivity index (χ2n) is 11.0. The van der Waals surface area contributed by atoms with E-state index in [4.69, 9.17) is 9.47 Å². The first kappa shape index (κ1) is 29.0. The van der Waals surface area contributed by atoms with Gasteiger partial charge in [0.25, 0.3) is 5.91 Å². The van der Waals surface area contributed by atoms with Crippen molar-refractivity contribution in [3.05, 3.63) is 89.5 Å². The van der Waals surface area contributed by atoms with Gasteiger partial charge in [-0.25, -0.2) is 0 Å². The molecule has 40 heavy (non-hydrogen) atoms. The molecule has 1 unspecified atom stereocenters. The summed E-state index contributed by atoms with van der Waals surface area (Å²) in [6, 6.07) is 17.1. The van der Waals surface area contributed by atoms with Crippen LogP contribution in [0.1, 0.15) is 70.2 Å². The molecule has 4 rings (SSSR count). The van der Waals surface area contributed by atoms with Crippen molar-refractivity contribution in [2.24, 2.45) is 5.41 Å². The third kappa shape index (κ3) is 6.41. The number of nitrogens with zero attached hydrogens (tertiary/aromatic N) is 1. The maximum absolute atomic E-state index is 14.0. The molecule has 1 heterocycles. The Hall–Kier alpha value is -4.00. The Morgan fingerprint density at radius 1 is 1.00 bits per heavy atom. The zero-order valence-electron chi connectivity index (χ0n) is 23.6. The van der Waals surface area contributed by atoms with Crippen LogP contribution in [0.15, 0.2) is 84.0 Å². The molecular formula is C33H37NO6. The summed E-state index contributed by atoms with van der Waals surface area (Å²) < 4.78 is 11.5. The summed E-state index contributed by atoms with van der Waals surface area (Å²) in [5.74, 6) is -1.45. The van der Waals surface area contributed by atoms with E-state index >= 15 is 0 Å². The minimum Gasteiger partial charge on any atom is -0.460 e. The highest BCUT2D eigenvalue weighted by Gasteiger charge is 2.59. The summed E-state index contributed by atoms with van der Waals surface area (Å²) in [5, 5.41) is 0. The van der Waals surface area contributed by atoms with E-state index in [9.17, 15) is 19.2 Å². The van der Waals surface area contributed by atoms with E-state index in [1.54, 1.807) is 41.3 Å². The zero-order valence-corrected chi connectivity index (χ0v) is 23.6. The molecule has 0 N–H and O–H groups in total. The molecule has 2 aliphatic rings. The molecule has 7 heteroatoms. The molecule has 0 aromatic heterocycles. The molecule has 1 spiro atoms. The van der Waals surface area contributed by atoms with Crippen LogP contribution in [0.2, 0.25) is 0 Å². The lowest BCUT2D eigenvalue weighted by Gasteiger charge is -2.45. The molecule has 1 aliphatic carbocycles. The molecule has 2 aromatic carbocycles. The number of allylic oxidation sites excluding steroid dienone is 3. The molecule has 210 valence electrons. The number of benzene rings is 2. The quantitative estimate of drug-likeness (QED) is 0.300. The van der Waals surface area contributed by atoms with Crippen LogP contribution in [0.25, 0.3) is 0 Å². The van der Waals surface area contributed by atoms with Crippen LogP contribution in [0.3, 0.4) is 0 Å². The van der Waals surface area contributed by atoms with Gasteiger partial charge in [-0.15, -0.1) is 0 Å². The fraction of sp³-hybridized carbons (Fsp3) is 0.394. The summed E-state index contributed by atoms with van der Waals surface area (Å²) in [6.45, 7) is 7.36. The zero-order chi connectivity index (χ0) is 28.9. The molecule has 2 fully saturated rings. The van der Waals surface area contributed by atoms with Crippen LogP contribution < -0.4 is 4.90 Å². The van der Waals surface area contributed by atoms with E-state index in [2.05, 4.69) is 6.08 Å². The third-order valence-corrected chi connectivity index (χ3v) is 7.66. The van der Waals surface area contributed by atoms with Gasteiger partial charge in [0.2, 0.25) is 0 Å². The number of carbonyl (C=O) groups excluding carboxylic acids is 4. The number of rotatable bonds is 8. The Morgan fingerprint density at radius 2 is 1.65 bits per heavy atom. The number of ether oxygens (including phenoxy) is 2. The lowest BCUT2D eigenvalue weighted by Crippen LogP contribution is -2.58. The van der Waals surface area contributed by atoms with E-state index in [0.29, 0.717) is 11.3 Å². The lowest BCUT2D eigenvalue weighted by molar-refractivity contribution is -0.157. The average Bonchev–Trinajstić information content (AvgIpc) is 3.22. The maximum Gasteiger partial charge on any atom is 0.307 e. The Balaban J connectivity index is 1.71. The van der Waals surface area contributed by atoms with Gasteiger partial charge >= 0.3 is 11.9 Å². The van der Waals surface area contributed by atoms with Crippen LogP contribution in [0, 0.1) is 5.41 Å². The highest BCUT2D eigenvalue weighted by atomic mass is 16.6. The largest absolute Gasteiger partial charge is 0.460 e. The summed E-state index contributed by atoms with van der Waals surface area (Å²) >= 11 is 0. The van der Waals surface area contributed by atoms with Crippen molar-refractivity contribution in [3.63, 3.8) is 0 Å². The number of hydrogen-bond donors (Lipinski definition) is 0. The molecule has 0 radical (unpaired) electrons. The topological polar surface area (TPSA) is 90.0 Å². The van der Waals surface area contributed by atoms with Crippen LogP contribution in [0.4, 0.5) is 5.69 Å². The fourth-order valence-corrected chi connectivity index (χ4v) is 5.72. The van der Waals surface area contributed by atoms with Crippen LogP contribution in [-0.4, -0.2) is 41.9 Å². The van der Waals surface area contributed by atoms with Gasteiger partial charge in [-0.3, -0.25) is 19.2 Å². The third-order valence-electron chi connectivity index (χ3n) is 7.66. The summed E-state index contributed by atoms with van der Waals surface area (Å²) in [5.41, 5.74) is 2.12. The molecule has 2 aromatic rings. The van der Waals surface area contributed by atoms with E-state index < -0.39 is 35.6 Å². The summed E-state index contributed by atoms with van der Waals surface area (Å²) in [6.07, 6.45) is 3.97. The van der Waals surface area contributed by atoms with Crippen LogP contribution in [-0.2, 0) is 23.9 Å². The standard InChI is InChI=1S/C33H37NO6/c1-22(2)12-11-13-23(3)18-30-33(21-31(37)40-30)20-28(39-24(4)35)27(19-29(33)36)34(26-16-9-6-10-17-26)32(38)25-14-7-5-8-15-25/h5-10,12,14-18,27-28,30H,11,13,19-21H2,1-4H3/b23-18+/t27-,28+,30-,33?/m1/s1. The number of carbonyl (C=O) groups is 4. The smallest absolute Gasteiger partial charge is 0.307 e. The average molecular weight is 544 g/mol. The van der Waals surface area contributed by atoms with Gasteiger partial charge in [-0.2, -0.15) is 0 Å². The van der Waals surface area contributed by atoms with Crippen molar-refractivity contribution in [1.82, 2.24) is 0 Å². The SMILES string of the molecule is CC(=O)O[C@H]1CC2(CC(=O)O[C@@H]2/C=C(\C)CCC=C(C)C)C(=O)C[C@H]1N(C(=O)c1ccccc1)c1ccccc1. The molecule has 4 atom stereocenters. The van der Waals surface area contributed by atoms with Crippen molar-refractivity contribution in [2.45, 2.75) is 78.0 Å². The van der Waals surface area contributed by atoms with Crippen molar-refractivity contribution in [2.75, 3.05) is 4.90 Å². The Labute approximate surface area is 235 Å². The molecule has 0 bridgehead atoms. The molecule has 1 saturated carbocycles. The van der Waals surface area contributed by atoms with Gasteiger partial charge in [0.05, 0.1) is 17.9 Å². The number of esters is 2. The second kappa shape index (κ2) is 12.5. The highest BCUT2D eigenvalue weighted by Crippen LogP contribution is 2.48. The predicted octanol–water partition coefficient (Wildman–Crippen LogP) is 5.99. The van der Waals surface area contributed by atoms with Crippen LogP contribution >= 0.6 is 0 Å². The number of hydrogen-bond acceptors (Lipinski definition) is 6. The maximum atomic E-state index is 14.0. The normalized spacial score (nSPS) is 24.4. The van der Waals surface area contributed by atoms with Gasteiger partial charge < -0.3 is 14.4 Å². The van der Waals surface area contributed by atoms with Gasteiger partial charge in [0.1, 0.15) is 18.0 Å². The van der Waals surface area contributed by atoms with Gasteiger partial charge in [-0.05, 0) is 64.0 Å². The molecule has 7 nitrogen and oxygen atoms in total. The van der Waals surface area contributed by atoms with Crippen LogP contribution in [0.5, 0.6) is 0 Å². The predicted molar refractivity (Wildman–Crippen MR) is 153 cm³/mol. The summed E-state index contributed by atoms with van der Waals surface area (Å²) in [7, 11) is 0. The number of para-hydroxylation sites is 1. The number of Topliss-reactive ketones (excluding diaryl/α,β-unsaturated/α-hetero) is 1. The first-order valence-electron chi connectivity index (χ1n) is 13.7. The van der Waals surface area contributed by atoms with E-state index in [1.165, 1.54) is 12.5 Å². The van der Waals surface area contributed by atoms with Crippen molar-refractivity contribution in [3.8, 4) is 0 Å². The second-order valence-corrected chi connectivity index (χ2v) is 11.0. The molecule has 1 saturated heterocycles. The van der Waals surface area contributed by atoms with Gasteiger partial charge in [0, 0.05) is 31.0 Å².